The fraction of sp³-hybridized carbons (Fsp3) is 0.500. The minimum atomic E-state index is 0.149. The van der Waals surface area contributed by atoms with E-state index in [1.807, 2.05) is 6.07 Å². The predicted octanol–water partition coefficient (Wildman–Crippen LogP) is 0.429. The lowest BCUT2D eigenvalue weighted by molar-refractivity contribution is 0.556. The summed E-state index contributed by atoms with van der Waals surface area (Å²) in [4.78, 5) is 7.16. The first-order chi connectivity index (χ1) is 9.92. The van der Waals surface area contributed by atoms with E-state index in [9.17, 15) is 0 Å². The molecule has 2 fully saturated rings. The fourth-order valence-corrected chi connectivity index (χ4v) is 2.93. The second-order valence-corrected chi connectivity index (χ2v) is 5.29. The second-order valence-electron chi connectivity index (χ2n) is 5.29. The number of piperazine rings is 1. The molecule has 0 spiro atoms. The number of pyridine rings is 1. The van der Waals surface area contributed by atoms with E-state index < -0.39 is 0 Å². The Morgan fingerprint density at radius 1 is 1.15 bits per heavy atom. The molecule has 0 radical (unpaired) electrons. The molecule has 6 nitrogen and oxygen atoms in total. The van der Waals surface area contributed by atoms with Gasteiger partial charge in [0, 0.05) is 44.7 Å². The highest BCUT2D eigenvalue weighted by molar-refractivity contribution is 5.87. The standard InChI is InChI=1S/C14H19N5O/c1-8-20-12-10(1)9-11(13-16-2-3-17-13)18-14(12)19-6-4-15-5-7-19/h1,8-9,13,15-17H,2-7H2. The first kappa shape index (κ1) is 12.1. The maximum absolute atomic E-state index is 5.65. The van der Waals surface area contributed by atoms with Crippen molar-refractivity contribution in [2.24, 2.45) is 0 Å². The summed E-state index contributed by atoms with van der Waals surface area (Å²) in [6.45, 7) is 5.90. The number of nitrogens with zero attached hydrogens (tertiary/aromatic N) is 2. The topological polar surface area (TPSA) is 65.4 Å². The van der Waals surface area contributed by atoms with Gasteiger partial charge in [0.25, 0.3) is 0 Å². The molecule has 106 valence electrons. The van der Waals surface area contributed by atoms with E-state index in [0.717, 1.165) is 61.7 Å². The molecule has 2 aliphatic heterocycles. The van der Waals surface area contributed by atoms with E-state index >= 15 is 0 Å². The zero-order valence-electron chi connectivity index (χ0n) is 11.4. The number of fused-ring (bicyclic) bond motifs is 1. The van der Waals surface area contributed by atoms with Gasteiger partial charge in [-0.15, -0.1) is 0 Å². The number of anilines is 1. The highest BCUT2D eigenvalue weighted by Gasteiger charge is 2.22. The van der Waals surface area contributed by atoms with E-state index in [2.05, 4.69) is 26.9 Å². The van der Waals surface area contributed by atoms with Crippen molar-refractivity contribution in [2.45, 2.75) is 6.17 Å². The van der Waals surface area contributed by atoms with Crippen LogP contribution in [0.3, 0.4) is 0 Å². The van der Waals surface area contributed by atoms with Crippen molar-refractivity contribution in [3.8, 4) is 0 Å². The van der Waals surface area contributed by atoms with Crippen molar-refractivity contribution in [2.75, 3.05) is 44.2 Å². The Kier molecular flexibility index (Phi) is 3.06. The third-order valence-corrected chi connectivity index (χ3v) is 3.97. The summed E-state index contributed by atoms with van der Waals surface area (Å²) in [5, 5.41) is 11.3. The molecule has 4 rings (SSSR count). The number of hydrogen-bond acceptors (Lipinski definition) is 6. The van der Waals surface area contributed by atoms with Crippen LogP contribution in [0.25, 0.3) is 11.0 Å². The number of rotatable bonds is 2. The molecule has 4 heterocycles. The predicted molar refractivity (Wildman–Crippen MR) is 77.8 cm³/mol. The lowest BCUT2D eigenvalue weighted by Crippen LogP contribution is -2.44. The molecule has 2 aromatic heterocycles. The zero-order valence-corrected chi connectivity index (χ0v) is 11.4. The van der Waals surface area contributed by atoms with Gasteiger partial charge in [0.15, 0.2) is 11.4 Å². The second kappa shape index (κ2) is 5.05. The number of hydrogen-bond donors (Lipinski definition) is 3. The van der Waals surface area contributed by atoms with Crippen molar-refractivity contribution < 1.29 is 4.42 Å². The molecule has 0 aliphatic carbocycles. The van der Waals surface area contributed by atoms with Gasteiger partial charge in [0.2, 0.25) is 0 Å². The molecule has 0 bridgehead atoms. The smallest absolute Gasteiger partial charge is 0.176 e. The molecule has 20 heavy (non-hydrogen) atoms. The summed E-state index contributed by atoms with van der Waals surface area (Å²) >= 11 is 0. The third kappa shape index (κ3) is 2.06. The summed E-state index contributed by atoms with van der Waals surface area (Å²) in [6, 6.07) is 4.13. The van der Waals surface area contributed by atoms with Gasteiger partial charge in [0.05, 0.1) is 12.0 Å². The van der Waals surface area contributed by atoms with Gasteiger partial charge in [-0.1, -0.05) is 0 Å². The Morgan fingerprint density at radius 2 is 1.95 bits per heavy atom. The Balaban J connectivity index is 1.78. The van der Waals surface area contributed by atoms with Crippen molar-refractivity contribution >= 4 is 16.8 Å². The van der Waals surface area contributed by atoms with Crippen LogP contribution >= 0.6 is 0 Å². The van der Waals surface area contributed by atoms with E-state index in [0.29, 0.717) is 0 Å². The Hall–Kier alpha value is -1.63. The molecule has 2 aliphatic rings. The lowest BCUT2D eigenvalue weighted by Gasteiger charge is -2.29. The fourth-order valence-electron chi connectivity index (χ4n) is 2.93. The highest BCUT2D eigenvalue weighted by atomic mass is 16.3. The maximum Gasteiger partial charge on any atom is 0.176 e. The summed E-state index contributed by atoms with van der Waals surface area (Å²) in [7, 11) is 0. The van der Waals surface area contributed by atoms with Crippen LogP contribution in [0.5, 0.6) is 0 Å². The van der Waals surface area contributed by atoms with Crippen LogP contribution in [0.15, 0.2) is 22.8 Å². The summed E-state index contributed by atoms with van der Waals surface area (Å²) in [5.41, 5.74) is 1.94. The molecule has 6 heteroatoms. The molecule has 0 atom stereocenters. The number of furan rings is 1. The van der Waals surface area contributed by atoms with Crippen molar-refractivity contribution in [3.05, 3.63) is 24.1 Å². The van der Waals surface area contributed by atoms with Crippen molar-refractivity contribution in [1.29, 1.82) is 0 Å². The third-order valence-electron chi connectivity index (χ3n) is 3.97. The van der Waals surface area contributed by atoms with Gasteiger partial charge in [-0.05, 0) is 12.1 Å². The molecule has 3 N–H and O–H groups in total. The van der Waals surface area contributed by atoms with Crippen LogP contribution in [-0.2, 0) is 0 Å². The van der Waals surface area contributed by atoms with Crippen LogP contribution in [0, 0.1) is 0 Å². The van der Waals surface area contributed by atoms with Gasteiger partial charge >= 0.3 is 0 Å². The number of nitrogens with one attached hydrogen (secondary N) is 3. The largest absolute Gasteiger partial charge is 0.460 e. The average molecular weight is 273 g/mol. The summed E-state index contributed by atoms with van der Waals surface area (Å²) in [6.07, 6.45) is 1.90. The molecule has 0 saturated carbocycles. The molecular weight excluding hydrogens is 254 g/mol. The molecular formula is C14H19N5O. The SMILES string of the molecule is c1cc2cc(C3NCCN3)nc(N3CCNCC3)c2o1. The minimum absolute atomic E-state index is 0.149. The quantitative estimate of drug-likeness (QED) is 0.737. The van der Waals surface area contributed by atoms with Gasteiger partial charge in [-0.3, -0.25) is 10.6 Å². The highest BCUT2D eigenvalue weighted by Crippen LogP contribution is 2.29. The zero-order chi connectivity index (χ0) is 13.4. The van der Waals surface area contributed by atoms with Crippen molar-refractivity contribution in [3.63, 3.8) is 0 Å². The van der Waals surface area contributed by atoms with E-state index in [1.165, 1.54) is 0 Å². The van der Waals surface area contributed by atoms with Gasteiger partial charge < -0.3 is 14.6 Å². The minimum Gasteiger partial charge on any atom is -0.460 e. The van der Waals surface area contributed by atoms with E-state index in [4.69, 9.17) is 9.40 Å². The average Bonchev–Trinajstić information content (AvgIpc) is 3.18. The molecule has 2 saturated heterocycles. The van der Waals surface area contributed by atoms with Crippen LogP contribution in [0.2, 0.25) is 0 Å². The summed E-state index contributed by atoms with van der Waals surface area (Å²) in [5.74, 6) is 0.972. The summed E-state index contributed by atoms with van der Waals surface area (Å²) < 4.78 is 5.65. The normalized spacial score (nSPS) is 20.9. The molecule has 2 aromatic rings. The lowest BCUT2D eigenvalue weighted by atomic mass is 10.2. The number of aromatic nitrogens is 1. The molecule has 0 aromatic carbocycles. The van der Waals surface area contributed by atoms with Gasteiger partial charge in [0.1, 0.15) is 6.17 Å². The van der Waals surface area contributed by atoms with E-state index in [-0.39, 0.29) is 6.17 Å². The Bertz CT molecular complexity index is 599. The molecule has 0 unspecified atom stereocenters. The molecule has 0 amide bonds. The van der Waals surface area contributed by atoms with Gasteiger partial charge in [-0.2, -0.15) is 0 Å². The van der Waals surface area contributed by atoms with Crippen LogP contribution in [0.4, 0.5) is 5.82 Å². The Labute approximate surface area is 117 Å². The van der Waals surface area contributed by atoms with Crippen LogP contribution < -0.4 is 20.9 Å². The van der Waals surface area contributed by atoms with Crippen LogP contribution in [0.1, 0.15) is 11.9 Å². The first-order valence-corrected chi connectivity index (χ1v) is 7.22. The van der Waals surface area contributed by atoms with Gasteiger partial charge in [-0.25, -0.2) is 4.98 Å². The van der Waals surface area contributed by atoms with Crippen molar-refractivity contribution in [1.82, 2.24) is 20.9 Å². The Morgan fingerprint density at radius 3 is 2.75 bits per heavy atom. The monoisotopic (exact) mass is 273 g/mol. The maximum atomic E-state index is 5.65. The van der Waals surface area contributed by atoms with Crippen LogP contribution in [-0.4, -0.2) is 44.3 Å². The first-order valence-electron chi connectivity index (χ1n) is 7.22. The van der Waals surface area contributed by atoms with E-state index in [1.54, 1.807) is 6.26 Å².